The molecule has 0 aliphatic rings. The summed E-state index contributed by atoms with van der Waals surface area (Å²) >= 11 is 0. The van der Waals surface area contributed by atoms with Crippen LogP contribution in [0.15, 0.2) is 58.6 Å². The molecular formula is C20H26N6O. The molecule has 0 saturated carbocycles. The lowest BCUT2D eigenvalue weighted by Crippen LogP contribution is -2.36. The molecule has 0 fully saturated rings. The van der Waals surface area contributed by atoms with Crippen LogP contribution in [0.3, 0.4) is 0 Å². The molecule has 0 aliphatic carbocycles. The Morgan fingerprint density at radius 3 is 2.70 bits per heavy atom. The van der Waals surface area contributed by atoms with Crippen molar-refractivity contribution in [2.75, 3.05) is 7.05 Å². The average molecular weight is 366 g/mol. The van der Waals surface area contributed by atoms with E-state index in [-0.39, 0.29) is 0 Å². The van der Waals surface area contributed by atoms with Gasteiger partial charge in [0.2, 0.25) is 0 Å². The van der Waals surface area contributed by atoms with Gasteiger partial charge in [-0.25, -0.2) is 4.98 Å². The zero-order valence-corrected chi connectivity index (χ0v) is 16.0. The van der Waals surface area contributed by atoms with Gasteiger partial charge in [0.05, 0.1) is 18.6 Å². The number of hydrogen-bond acceptors (Lipinski definition) is 4. The third-order valence-corrected chi connectivity index (χ3v) is 4.20. The van der Waals surface area contributed by atoms with Crippen molar-refractivity contribution >= 4 is 5.96 Å². The number of aliphatic imine (C=N–C) groups is 1. The van der Waals surface area contributed by atoms with Crippen LogP contribution in [0.5, 0.6) is 0 Å². The number of imidazole rings is 1. The second kappa shape index (κ2) is 9.02. The van der Waals surface area contributed by atoms with Crippen LogP contribution >= 0.6 is 0 Å². The van der Waals surface area contributed by atoms with E-state index in [2.05, 4.69) is 68.4 Å². The fraction of sp³-hybridized carbons (Fsp3) is 0.350. The van der Waals surface area contributed by atoms with Crippen LogP contribution in [0, 0.1) is 0 Å². The van der Waals surface area contributed by atoms with Gasteiger partial charge in [-0.15, -0.1) is 0 Å². The third-order valence-electron chi connectivity index (χ3n) is 4.20. The molecule has 27 heavy (non-hydrogen) atoms. The highest BCUT2D eigenvalue weighted by molar-refractivity contribution is 5.79. The minimum atomic E-state index is 0.356. The zero-order chi connectivity index (χ0) is 19.1. The molecular weight excluding hydrogens is 340 g/mol. The van der Waals surface area contributed by atoms with Crippen LogP contribution in [0.1, 0.15) is 42.3 Å². The second-order valence-corrected chi connectivity index (χ2v) is 6.71. The molecule has 3 rings (SSSR count). The largest absolute Gasteiger partial charge is 0.359 e. The summed E-state index contributed by atoms with van der Waals surface area (Å²) in [6.07, 6.45) is 5.58. The van der Waals surface area contributed by atoms with E-state index >= 15 is 0 Å². The molecule has 2 N–H and O–H groups in total. The SMILES string of the molecule is CN=C(NCc1cccc(Cn2ccnc2)c1)NCc1cc(C(C)C)no1. The molecule has 2 aromatic heterocycles. The summed E-state index contributed by atoms with van der Waals surface area (Å²) < 4.78 is 7.40. The fourth-order valence-electron chi connectivity index (χ4n) is 2.69. The van der Waals surface area contributed by atoms with Crippen LogP contribution in [0.25, 0.3) is 0 Å². The van der Waals surface area contributed by atoms with Crippen LogP contribution in [0.4, 0.5) is 0 Å². The highest BCUT2D eigenvalue weighted by atomic mass is 16.5. The number of nitrogens with zero attached hydrogens (tertiary/aromatic N) is 4. The number of nitrogens with one attached hydrogen (secondary N) is 2. The smallest absolute Gasteiger partial charge is 0.191 e. The van der Waals surface area contributed by atoms with Crippen LogP contribution in [-0.4, -0.2) is 27.7 Å². The highest BCUT2D eigenvalue weighted by Crippen LogP contribution is 2.13. The Hall–Kier alpha value is -3.09. The van der Waals surface area contributed by atoms with Gasteiger partial charge in [-0.3, -0.25) is 4.99 Å². The molecule has 0 atom stereocenters. The summed E-state index contributed by atoms with van der Waals surface area (Å²) in [4.78, 5) is 8.35. The maximum atomic E-state index is 5.35. The number of hydrogen-bond donors (Lipinski definition) is 2. The van der Waals surface area contributed by atoms with Gasteiger partial charge in [0.25, 0.3) is 0 Å². The van der Waals surface area contributed by atoms with Crippen LogP contribution in [-0.2, 0) is 19.6 Å². The first-order valence-electron chi connectivity index (χ1n) is 9.07. The molecule has 0 radical (unpaired) electrons. The third kappa shape index (κ3) is 5.44. The van der Waals surface area contributed by atoms with Crippen LogP contribution in [0.2, 0.25) is 0 Å². The Kier molecular flexibility index (Phi) is 6.25. The zero-order valence-electron chi connectivity index (χ0n) is 16.0. The summed E-state index contributed by atoms with van der Waals surface area (Å²) in [7, 11) is 1.75. The van der Waals surface area contributed by atoms with Crippen molar-refractivity contribution in [1.82, 2.24) is 25.3 Å². The van der Waals surface area contributed by atoms with Gasteiger partial charge in [-0.2, -0.15) is 0 Å². The lowest BCUT2D eigenvalue weighted by Gasteiger charge is -2.12. The molecule has 7 nitrogen and oxygen atoms in total. The topological polar surface area (TPSA) is 80.3 Å². The van der Waals surface area contributed by atoms with Crippen molar-refractivity contribution < 1.29 is 4.52 Å². The van der Waals surface area contributed by atoms with Crippen molar-refractivity contribution in [3.63, 3.8) is 0 Å². The number of guanidine groups is 1. The quantitative estimate of drug-likeness (QED) is 0.496. The van der Waals surface area contributed by atoms with E-state index in [0.29, 0.717) is 19.0 Å². The summed E-state index contributed by atoms with van der Waals surface area (Å²) in [5.41, 5.74) is 3.39. The summed E-state index contributed by atoms with van der Waals surface area (Å²) in [5.74, 6) is 1.87. The van der Waals surface area contributed by atoms with E-state index in [1.54, 1.807) is 13.2 Å². The Balaban J connectivity index is 1.51. The Morgan fingerprint density at radius 2 is 2.00 bits per heavy atom. The first-order valence-corrected chi connectivity index (χ1v) is 9.07. The van der Waals surface area contributed by atoms with E-state index in [0.717, 1.165) is 24.0 Å². The molecule has 2 heterocycles. The molecule has 142 valence electrons. The monoisotopic (exact) mass is 366 g/mol. The lowest BCUT2D eigenvalue weighted by atomic mass is 10.1. The molecule has 0 aliphatic heterocycles. The van der Waals surface area contributed by atoms with E-state index in [1.165, 1.54) is 11.1 Å². The van der Waals surface area contributed by atoms with Crippen molar-refractivity contribution in [1.29, 1.82) is 0 Å². The summed E-state index contributed by atoms with van der Waals surface area (Å²) in [6.45, 7) is 6.22. The van der Waals surface area contributed by atoms with E-state index < -0.39 is 0 Å². The Bertz CT molecular complexity index is 866. The predicted molar refractivity (Wildman–Crippen MR) is 105 cm³/mol. The molecule has 7 heteroatoms. The van der Waals surface area contributed by atoms with Crippen molar-refractivity contribution in [3.05, 3.63) is 71.6 Å². The van der Waals surface area contributed by atoms with Gasteiger partial charge >= 0.3 is 0 Å². The molecule has 3 aromatic rings. The second-order valence-electron chi connectivity index (χ2n) is 6.71. The molecule has 0 amide bonds. The fourth-order valence-corrected chi connectivity index (χ4v) is 2.69. The van der Waals surface area contributed by atoms with Crippen molar-refractivity contribution in [2.45, 2.75) is 39.4 Å². The van der Waals surface area contributed by atoms with Crippen molar-refractivity contribution in [3.8, 4) is 0 Å². The van der Waals surface area contributed by atoms with Gasteiger partial charge in [0.15, 0.2) is 11.7 Å². The maximum Gasteiger partial charge on any atom is 0.191 e. The standard InChI is InChI=1S/C20H26N6O/c1-15(2)19-10-18(27-25-19)12-24-20(21-3)23-11-16-5-4-6-17(9-16)13-26-8-7-22-14-26/h4-10,14-15H,11-13H2,1-3H3,(H2,21,23,24). The van der Waals surface area contributed by atoms with Gasteiger partial charge in [-0.1, -0.05) is 43.3 Å². The van der Waals surface area contributed by atoms with Gasteiger partial charge in [-0.05, 0) is 17.0 Å². The number of aromatic nitrogens is 3. The Labute approximate surface area is 159 Å². The minimum Gasteiger partial charge on any atom is -0.359 e. The molecule has 0 saturated heterocycles. The average Bonchev–Trinajstić information content (AvgIpc) is 3.34. The van der Waals surface area contributed by atoms with Crippen LogP contribution < -0.4 is 10.6 Å². The van der Waals surface area contributed by atoms with Gasteiger partial charge < -0.3 is 19.7 Å². The van der Waals surface area contributed by atoms with E-state index in [4.69, 9.17) is 4.52 Å². The summed E-state index contributed by atoms with van der Waals surface area (Å²) in [5, 5.41) is 10.7. The lowest BCUT2D eigenvalue weighted by molar-refractivity contribution is 0.372. The highest BCUT2D eigenvalue weighted by Gasteiger charge is 2.08. The maximum absolute atomic E-state index is 5.35. The Morgan fingerprint density at radius 1 is 1.19 bits per heavy atom. The molecule has 0 bridgehead atoms. The predicted octanol–water partition coefficient (Wildman–Crippen LogP) is 2.91. The van der Waals surface area contributed by atoms with Crippen molar-refractivity contribution in [2.24, 2.45) is 4.99 Å². The summed E-state index contributed by atoms with van der Waals surface area (Å²) in [6, 6.07) is 10.5. The molecule has 1 aromatic carbocycles. The van der Waals surface area contributed by atoms with E-state index in [9.17, 15) is 0 Å². The first kappa shape index (κ1) is 18.7. The number of benzene rings is 1. The van der Waals surface area contributed by atoms with E-state index in [1.807, 2.05) is 18.6 Å². The minimum absolute atomic E-state index is 0.356. The normalized spacial score (nSPS) is 11.8. The van der Waals surface area contributed by atoms with Gasteiger partial charge in [0, 0.05) is 38.6 Å². The molecule has 0 spiro atoms. The molecule has 0 unspecified atom stereocenters. The first-order chi connectivity index (χ1) is 13.1. The van der Waals surface area contributed by atoms with Gasteiger partial charge in [0.1, 0.15) is 0 Å². The number of rotatable bonds is 7.